The van der Waals surface area contributed by atoms with Gasteiger partial charge in [-0.2, -0.15) is 0 Å². The van der Waals surface area contributed by atoms with Crippen LogP contribution in [0, 0.1) is 0 Å². The average molecular weight is 398 g/mol. The van der Waals surface area contributed by atoms with Gasteiger partial charge in [0.05, 0.1) is 16.3 Å². The number of amides is 3. The summed E-state index contributed by atoms with van der Waals surface area (Å²) in [6.45, 7) is 0. The Morgan fingerprint density at radius 3 is 2.67 bits per heavy atom. The van der Waals surface area contributed by atoms with Crippen LogP contribution in [0.5, 0.6) is 0 Å². The lowest BCUT2D eigenvalue weighted by Gasteiger charge is -2.27. The molecule has 3 heterocycles. The predicted molar refractivity (Wildman–Crippen MR) is 105 cm³/mol. The van der Waals surface area contributed by atoms with Crippen molar-refractivity contribution in [1.29, 1.82) is 0 Å². The lowest BCUT2D eigenvalue weighted by Crippen LogP contribution is -2.50. The molecule has 1 aromatic carbocycles. The van der Waals surface area contributed by atoms with Gasteiger partial charge in [0.2, 0.25) is 11.8 Å². The average Bonchev–Trinajstić information content (AvgIpc) is 3.35. The number of thiazole rings is 1. The first-order valence-corrected chi connectivity index (χ1v) is 9.89. The number of hydrogen-bond donors (Lipinski definition) is 2. The van der Waals surface area contributed by atoms with E-state index in [9.17, 15) is 14.4 Å². The summed E-state index contributed by atoms with van der Waals surface area (Å²) in [6.07, 6.45) is 0.363. The summed E-state index contributed by atoms with van der Waals surface area (Å²) < 4.78 is 0. The summed E-state index contributed by atoms with van der Waals surface area (Å²) in [5.41, 5.74) is 4.30. The number of anilines is 2. The molecule has 1 aliphatic heterocycles. The van der Waals surface area contributed by atoms with Crippen LogP contribution in [0.2, 0.25) is 0 Å². The Morgan fingerprint density at radius 2 is 1.93 bits per heavy atom. The van der Waals surface area contributed by atoms with E-state index in [-0.39, 0.29) is 30.6 Å². The van der Waals surface area contributed by atoms with Crippen molar-refractivity contribution in [2.45, 2.75) is 12.8 Å². The molecule has 1 saturated heterocycles. The van der Waals surface area contributed by atoms with Gasteiger partial charge in [0.1, 0.15) is 0 Å². The van der Waals surface area contributed by atoms with E-state index in [4.69, 9.17) is 0 Å². The summed E-state index contributed by atoms with van der Waals surface area (Å²) in [7, 11) is 0. The number of nitrogens with one attached hydrogen (secondary N) is 2. The first-order valence-electron chi connectivity index (χ1n) is 8.13. The van der Waals surface area contributed by atoms with E-state index in [1.165, 1.54) is 16.3 Å². The number of rotatable bonds is 4. The summed E-state index contributed by atoms with van der Waals surface area (Å²) >= 11 is 2.95. The Kier molecular flexibility index (Phi) is 4.69. The highest BCUT2D eigenvalue weighted by Crippen LogP contribution is 2.28. The van der Waals surface area contributed by atoms with Crippen LogP contribution >= 0.6 is 22.7 Å². The molecule has 7 nitrogen and oxygen atoms in total. The Morgan fingerprint density at radius 1 is 1.11 bits per heavy atom. The Balaban J connectivity index is 1.45. The zero-order valence-corrected chi connectivity index (χ0v) is 15.6. The van der Waals surface area contributed by atoms with Gasteiger partial charge < -0.3 is 0 Å². The Bertz CT molecular complexity index is 996. The monoisotopic (exact) mass is 398 g/mol. The Labute approximate surface area is 162 Å². The third kappa shape index (κ3) is 3.74. The first-order chi connectivity index (χ1) is 13.1. The SMILES string of the molecule is O=C1CCC(=O)N(c2ccc(C(=O)Nc3nc(-c4cccs4)cs3)cc2)N1. The third-order valence-electron chi connectivity index (χ3n) is 3.94. The largest absolute Gasteiger partial charge is 0.298 e. The first kappa shape index (κ1) is 17.4. The van der Waals surface area contributed by atoms with Crippen LogP contribution in [-0.2, 0) is 9.59 Å². The maximum absolute atomic E-state index is 12.4. The number of hydrogen-bond acceptors (Lipinski definition) is 6. The fraction of sp³-hybridized carbons (Fsp3) is 0.111. The van der Waals surface area contributed by atoms with E-state index < -0.39 is 0 Å². The van der Waals surface area contributed by atoms with E-state index in [0.717, 1.165) is 10.6 Å². The maximum Gasteiger partial charge on any atom is 0.257 e. The third-order valence-corrected chi connectivity index (χ3v) is 5.59. The van der Waals surface area contributed by atoms with E-state index in [0.29, 0.717) is 16.4 Å². The van der Waals surface area contributed by atoms with Gasteiger partial charge in [0.25, 0.3) is 5.91 Å². The van der Waals surface area contributed by atoms with E-state index >= 15 is 0 Å². The van der Waals surface area contributed by atoms with E-state index in [2.05, 4.69) is 15.7 Å². The molecular weight excluding hydrogens is 384 g/mol. The molecule has 2 aromatic heterocycles. The molecule has 136 valence electrons. The number of thiophene rings is 1. The number of carbonyl (C=O) groups excluding carboxylic acids is 3. The number of aromatic nitrogens is 1. The maximum atomic E-state index is 12.4. The molecular formula is C18H14N4O3S2. The van der Waals surface area contributed by atoms with E-state index in [1.54, 1.807) is 35.6 Å². The molecule has 2 N–H and O–H groups in total. The van der Waals surface area contributed by atoms with Gasteiger partial charge in [-0.3, -0.25) is 25.1 Å². The zero-order valence-electron chi connectivity index (χ0n) is 14.0. The van der Waals surface area contributed by atoms with Crippen LogP contribution in [0.15, 0.2) is 47.2 Å². The second-order valence-electron chi connectivity index (χ2n) is 5.78. The zero-order chi connectivity index (χ0) is 18.8. The molecule has 1 fully saturated rings. The molecule has 1 aliphatic rings. The second kappa shape index (κ2) is 7.29. The van der Waals surface area contributed by atoms with E-state index in [1.807, 2.05) is 22.9 Å². The summed E-state index contributed by atoms with van der Waals surface area (Å²) in [5.74, 6) is -0.680. The lowest BCUT2D eigenvalue weighted by atomic mass is 10.1. The van der Waals surface area contributed by atoms with Gasteiger partial charge >= 0.3 is 0 Å². The van der Waals surface area contributed by atoms with Gasteiger partial charge in [-0.05, 0) is 35.7 Å². The molecule has 4 rings (SSSR count). The van der Waals surface area contributed by atoms with Crippen molar-refractivity contribution < 1.29 is 14.4 Å². The van der Waals surface area contributed by atoms with Gasteiger partial charge in [-0.1, -0.05) is 6.07 Å². The predicted octanol–water partition coefficient (Wildman–Crippen LogP) is 3.28. The van der Waals surface area contributed by atoms with Gasteiger partial charge in [-0.15, -0.1) is 22.7 Å². The summed E-state index contributed by atoms with van der Waals surface area (Å²) in [6, 6.07) is 10.4. The number of benzene rings is 1. The van der Waals surface area contributed by atoms with Crippen molar-refractivity contribution in [3.63, 3.8) is 0 Å². The molecule has 9 heteroatoms. The highest BCUT2D eigenvalue weighted by molar-refractivity contribution is 7.16. The molecule has 3 amide bonds. The molecule has 0 atom stereocenters. The fourth-order valence-electron chi connectivity index (χ4n) is 2.58. The van der Waals surface area contributed by atoms with Gasteiger partial charge in [0, 0.05) is 23.8 Å². The van der Waals surface area contributed by atoms with Crippen LogP contribution in [0.4, 0.5) is 10.8 Å². The second-order valence-corrected chi connectivity index (χ2v) is 7.59. The minimum Gasteiger partial charge on any atom is -0.298 e. The van der Waals surface area contributed by atoms with Crippen molar-refractivity contribution in [3.05, 3.63) is 52.7 Å². The molecule has 0 aliphatic carbocycles. The molecule has 3 aromatic rings. The minimum absolute atomic E-state index is 0.171. The van der Waals surface area contributed by atoms with Crippen molar-refractivity contribution in [2.24, 2.45) is 0 Å². The summed E-state index contributed by atoms with van der Waals surface area (Å²) in [5, 5.41) is 8.38. The topological polar surface area (TPSA) is 91.4 Å². The number of carbonyl (C=O) groups is 3. The van der Waals surface area contributed by atoms with Gasteiger partial charge in [-0.25, -0.2) is 9.99 Å². The Hall–Kier alpha value is -3.04. The number of hydrazine groups is 1. The normalized spacial score (nSPS) is 14.1. The van der Waals surface area contributed by atoms with Crippen molar-refractivity contribution in [2.75, 3.05) is 10.3 Å². The molecule has 0 spiro atoms. The summed E-state index contributed by atoms with van der Waals surface area (Å²) in [4.78, 5) is 41.3. The lowest BCUT2D eigenvalue weighted by molar-refractivity contribution is -0.130. The highest BCUT2D eigenvalue weighted by atomic mass is 32.1. The fourth-order valence-corrected chi connectivity index (χ4v) is 4.05. The van der Waals surface area contributed by atoms with Crippen LogP contribution in [0.25, 0.3) is 10.6 Å². The molecule has 0 unspecified atom stereocenters. The van der Waals surface area contributed by atoms with Crippen LogP contribution in [0.1, 0.15) is 23.2 Å². The van der Waals surface area contributed by atoms with Crippen molar-refractivity contribution in [1.82, 2.24) is 10.4 Å². The smallest absolute Gasteiger partial charge is 0.257 e. The number of nitrogens with zero attached hydrogens (tertiary/aromatic N) is 2. The quantitative estimate of drug-likeness (QED) is 0.706. The molecule has 0 saturated carbocycles. The van der Waals surface area contributed by atoms with Crippen LogP contribution < -0.4 is 15.8 Å². The minimum atomic E-state index is -0.289. The van der Waals surface area contributed by atoms with Crippen molar-refractivity contribution >= 4 is 51.2 Å². The van der Waals surface area contributed by atoms with Crippen LogP contribution in [-0.4, -0.2) is 22.7 Å². The standard InChI is InChI=1S/C18H14N4O3S2/c23-15-7-8-16(24)22(21-15)12-5-3-11(4-6-12)17(25)20-18-19-13(10-27-18)14-2-1-9-26-14/h1-6,9-10H,7-8H2,(H,21,23)(H,19,20,25). The molecule has 0 radical (unpaired) electrons. The van der Waals surface area contributed by atoms with Gasteiger partial charge in [0.15, 0.2) is 5.13 Å². The molecule has 0 bridgehead atoms. The van der Waals surface area contributed by atoms with Crippen molar-refractivity contribution in [3.8, 4) is 10.6 Å². The molecule has 27 heavy (non-hydrogen) atoms. The van der Waals surface area contributed by atoms with Crippen LogP contribution in [0.3, 0.4) is 0 Å². The highest BCUT2D eigenvalue weighted by Gasteiger charge is 2.24.